The van der Waals surface area contributed by atoms with Gasteiger partial charge >= 0.3 is 0 Å². The third-order valence-corrected chi connectivity index (χ3v) is 6.05. The number of sulfonamides is 1. The van der Waals surface area contributed by atoms with Gasteiger partial charge in [-0.2, -0.15) is 16.5 Å². The van der Waals surface area contributed by atoms with Gasteiger partial charge in [0.2, 0.25) is 15.9 Å². The van der Waals surface area contributed by atoms with E-state index in [2.05, 4.69) is 15.4 Å². The van der Waals surface area contributed by atoms with E-state index in [9.17, 15) is 18.0 Å². The quantitative estimate of drug-likeness (QED) is 0.575. The van der Waals surface area contributed by atoms with Crippen molar-refractivity contribution in [2.24, 2.45) is 0 Å². The molecule has 0 aromatic heterocycles. The average Bonchev–Trinajstić information content (AvgIpc) is 2.71. The van der Waals surface area contributed by atoms with Gasteiger partial charge in [-0.1, -0.05) is 18.2 Å². The number of carbonyl (C=O) groups is 2. The Morgan fingerprint density at radius 2 is 1.68 bits per heavy atom. The van der Waals surface area contributed by atoms with Crippen LogP contribution in [-0.2, 0) is 14.8 Å². The van der Waals surface area contributed by atoms with E-state index in [-0.39, 0.29) is 10.8 Å². The molecule has 9 heteroatoms. The van der Waals surface area contributed by atoms with Crippen LogP contribution in [0.5, 0.6) is 0 Å². The van der Waals surface area contributed by atoms with Crippen LogP contribution in [0, 0.1) is 0 Å². The van der Waals surface area contributed by atoms with Crippen LogP contribution in [0.25, 0.3) is 0 Å². The van der Waals surface area contributed by atoms with E-state index in [1.807, 2.05) is 6.26 Å². The predicted molar refractivity (Wildman–Crippen MR) is 112 cm³/mol. The van der Waals surface area contributed by atoms with E-state index in [4.69, 9.17) is 0 Å². The first kappa shape index (κ1) is 21.9. The number of carbonyl (C=O) groups excluding carboxylic acids is 2. The average molecular weight is 422 g/mol. The summed E-state index contributed by atoms with van der Waals surface area (Å²) in [6.07, 6.45) is 2.23. The van der Waals surface area contributed by atoms with Crippen LogP contribution in [0.2, 0.25) is 0 Å². The lowest BCUT2D eigenvalue weighted by atomic mass is 10.2. The van der Waals surface area contributed by atoms with Gasteiger partial charge in [-0.05, 0) is 54.8 Å². The molecule has 0 saturated heterocycles. The Bertz CT molecular complexity index is 901. The Hall–Kier alpha value is -2.36. The van der Waals surface area contributed by atoms with Gasteiger partial charge in [0.15, 0.2) is 0 Å². The fourth-order valence-electron chi connectivity index (χ4n) is 2.41. The molecule has 1 atom stereocenters. The number of rotatable bonds is 9. The predicted octanol–water partition coefficient (Wildman–Crippen LogP) is 2.08. The summed E-state index contributed by atoms with van der Waals surface area (Å²) < 4.78 is 27.6. The van der Waals surface area contributed by atoms with Crippen LogP contribution in [0.3, 0.4) is 0 Å². The first-order chi connectivity index (χ1) is 13.4. The third-order valence-electron chi connectivity index (χ3n) is 3.92. The Morgan fingerprint density at radius 3 is 2.25 bits per heavy atom. The second kappa shape index (κ2) is 10.3. The van der Waals surface area contributed by atoms with Gasteiger partial charge in [0.05, 0.1) is 4.90 Å². The zero-order chi connectivity index (χ0) is 20.6. The Labute approximate surface area is 169 Å². The molecule has 0 aliphatic rings. The first-order valence-corrected chi connectivity index (χ1v) is 11.4. The van der Waals surface area contributed by atoms with Crippen LogP contribution in [-0.4, -0.2) is 45.3 Å². The Kier molecular flexibility index (Phi) is 8.04. The third kappa shape index (κ3) is 6.08. The lowest BCUT2D eigenvalue weighted by Gasteiger charge is -2.18. The minimum Gasteiger partial charge on any atom is -0.355 e. The van der Waals surface area contributed by atoms with Crippen molar-refractivity contribution in [3.05, 3.63) is 60.2 Å². The second-order valence-electron chi connectivity index (χ2n) is 5.91. The van der Waals surface area contributed by atoms with Crippen molar-refractivity contribution in [1.82, 2.24) is 10.0 Å². The highest BCUT2D eigenvalue weighted by atomic mass is 32.2. The largest absolute Gasteiger partial charge is 0.355 e. The molecule has 3 N–H and O–H groups in total. The topological polar surface area (TPSA) is 104 Å². The van der Waals surface area contributed by atoms with Gasteiger partial charge in [-0.15, -0.1) is 0 Å². The molecule has 0 spiro atoms. The molecule has 150 valence electrons. The molecule has 0 fully saturated rings. The van der Waals surface area contributed by atoms with E-state index in [0.717, 1.165) is 0 Å². The summed E-state index contributed by atoms with van der Waals surface area (Å²) in [5.41, 5.74) is 0.940. The van der Waals surface area contributed by atoms with Gasteiger partial charge in [0.1, 0.15) is 6.04 Å². The molecular formula is C19H23N3O4S2. The molecule has 2 amide bonds. The van der Waals surface area contributed by atoms with Crippen LogP contribution in [0.4, 0.5) is 5.69 Å². The number of benzene rings is 2. The van der Waals surface area contributed by atoms with Crippen LogP contribution in [0.15, 0.2) is 59.5 Å². The van der Waals surface area contributed by atoms with Crippen molar-refractivity contribution >= 4 is 39.3 Å². The molecule has 2 aromatic rings. The van der Waals surface area contributed by atoms with Crippen LogP contribution < -0.4 is 15.4 Å². The normalized spacial score (nSPS) is 12.2. The first-order valence-electron chi connectivity index (χ1n) is 8.56. The van der Waals surface area contributed by atoms with Crippen molar-refractivity contribution in [2.45, 2.75) is 17.4 Å². The smallest absolute Gasteiger partial charge is 0.251 e. The SMILES string of the molecule is CNC(=O)c1ccc(NC(=O)C(CCSC)NS(=O)(=O)c2ccccc2)cc1. The summed E-state index contributed by atoms with van der Waals surface area (Å²) in [4.78, 5) is 24.4. The van der Waals surface area contributed by atoms with E-state index in [1.165, 1.54) is 30.9 Å². The summed E-state index contributed by atoms with van der Waals surface area (Å²) in [7, 11) is -2.29. The molecule has 0 aliphatic heterocycles. The summed E-state index contributed by atoms with van der Waals surface area (Å²) in [5, 5.41) is 5.22. The maximum absolute atomic E-state index is 12.7. The number of hydrogen-bond acceptors (Lipinski definition) is 5. The van der Waals surface area contributed by atoms with Gasteiger partial charge < -0.3 is 10.6 Å². The summed E-state index contributed by atoms with van der Waals surface area (Å²) >= 11 is 1.52. The maximum Gasteiger partial charge on any atom is 0.251 e. The number of amides is 2. The van der Waals surface area contributed by atoms with E-state index < -0.39 is 22.0 Å². The van der Waals surface area contributed by atoms with Gasteiger partial charge in [-0.3, -0.25) is 9.59 Å². The second-order valence-corrected chi connectivity index (χ2v) is 8.61. The van der Waals surface area contributed by atoms with Crippen molar-refractivity contribution < 1.29 is 18.0 Å². The zero-order valence-corrected chi connectivity index (χ0v) is 17.3. The van der Waals surface area contributed by atoms with Crippen molar-refractivity contribution in [2.75, 3.05) is 24.4 Å². The highest BCUT2D eigenvalue weighted by molar-refractivity contribution is 7.98. The van der Waals surface area contributed by atoms with Crippen molar-refractivity contribution in [3.8, 4) is 0 Å². The van der Waals surface area contributed by atoms with Crippen LogP contribution >= 0.6 is 11.8 Å². The summed E-state index contributed by atoms with van der Waals surface area (Å²) in [6.45, 7) is 0. The summed E-state index contributed by atoms with van der Waals surface area (Å²) in [6, 6.07) is 13.4. The number of nitrogens with one attached hydrogen (secondary N) is 3. The fourth-order valence-corrected chi connectivity index (χ4v) is 4.14. The lowest BCUT2D eigenvalue weighted by Crippen LogP contribution is -2.44. The fraction of sp³-hybridized carbons (Fsp3) is 0.263. The highest BCUT2D eigenvalue weighted by Gasteiger charge is 2.25. The van der Waals surface area contributed by atoms with Gasteiger partial charge in [0, 0.05) is 18.3 Å². The minimum atomic E-state index is -3.82. The molecule has 0 radical (unpaired) electrons. The van der Waals surface area contributed by atoms with E-state index >= 15 is 0 Å². The monoisotopic (exact) mass is 421 g/mol. The molecule has 28 heavy (non-hydrogen) atoms. The highest BCUT2D eigenvalue weighted by Crippen LogP contribution is 2.14. The van der Waals surface area contributed by atoms with Crippen LogP contribution in [0.1, 0.15) is 16.8 Å². The minimum absolute atomic E-state index is 0.104. The van der Waals surface area contributed by atoms with E-state index in [0.29, 0.717) is 23.4 Å². The molecule has 1 unspecified atom stereocenters. The number of hydrogen-bond donors (Lipinski definition) is 3. The van der Waals surface area contributed by atoms with Gasteiger partial charge in [-0.25, -0.2) is 8.42 Å². The van der Waals surface area contributed by atoms with E-state index in [1.54, 1.807) is 42.5 Å². The molecule has 0 bridgehead atoms. The standard InChI is InChI=1S/C19H23N3O4S2/c1-20-18(23)14-8-10-15(11-9-14)21-19(24)17(12-13-27-2)22-28(25,26)16-6-4-3-5-7-16/h3-11,17,22H,12-13H2,1-2H3,(H,20,23)(H,21,24). The lowest BCUT2D eigenvalue weighted by molar-refractivity contribution is -0.117. The molecule has 2 rings (SSSR count). The van der Waals surface area contributed by atoms with Gasteiger partial charge in [0.25, 0.3) is 5.91 Å². The van der Waals surface area contributed by atoms with Crippen molar-refractivity contribution in [1.29, 1.82) is 0 Å². The Balaban J connectivity index is 2.13. The van der Waals surface area contributed by atoms with Crippen molar-refractivity contribution in [3.63, 3.8) is 0 Å². The zero-order valence-electron chi connectivity index (χ0n) is 15.6. The Morgan fingerprint density at radius 1 is 1.04 bits per heavy atom. The molecule has 0 saturated carbocycles. The summed E-state index contributed by atoms with van der Waals surface area (Å²) in [5.74, 6) is -0.0713. The number of thioether (sulfide) groups is 1. The molecule has 7 nitrogen and oxygen atoms in total. The molecule has 2 aromatic carbocycles. The molecule has 0 aliphatic carbocycles. The maximum atomic E-state index is 12.7. The number of anilines is 1. The molecule has 0 heterocycles. The molecular weight excluding hydrogens is 398 g/mol.